The SMILES string of the molecule is NS(=O)(=O)c1ccc(-c2nc(C(F)F)sc2-c2ccc(F)cc2)cc1. The van der Waals surface area contributed by atoms with Crippen molar-refractivity contribution in [1.82, 2.24) is 4.98 Å². The van der Waals surface area contributed by atoms with E-state index in [2.05, 4.69) is 4.98 Å². The Morgan fingerprint density at radius 2 is 1.52 bits per heavy atom. The van der Waals surface area contributed by atoms with Crippen molar-refractivity contribution in [2.45, 2.75) is 11.3 Å². The van der Waals surface area contributed by atoms with Gasteiger partial charge >= 0.3 is 0 Å². The van der Waals surface area contributed by atoms with E-state index in [-0.39, 0.29) is 15.6 Å². The summed E-state index contributed by atoms with van der Waals surface area (Å²) < 4.78 is 61.9. The van der Waals surface area contributed by atoms with Gasteiger partial charge in [-0.3, -0.25) is 0 Å². The molecule has 0 saturated heterocycles. The van der Waals surface area contributed by atoms with Gasteiger partial charge in [0.15, 0.2) is 5.01 Å². The molecular weight excluding hydrogens is 373 g/mol. The fourth-order valence-corrected chi connectivity index (χ4v) is 3.69. The molecule has 0 saturated carbocycles. The molecule has 4 nitrogen and oxygen atoms in total. The molecule has 1 heterocycles. The largest absolute Gasteiger partial charge is 0.289 e. The zero-order chi connectivity index (χ0) is 18.2. The Morgan fingerprint density at radius 3 is 2.04 bits per heavy atom. The van der Waals surface area contributed by atoms with E-state index in [1.54, 1.807) is 0 Å². The summed E-state index contributed by atoms with van der Waals surface area (Å²) in [5.74, 6) is -0.443. The molecular formula is C16H11F3N2O2S2. The maximum atomic E-state index is 13.1. The van der Waals surface area contributed by atoms with Crippen LogP contribution in [0.3, 0.4) is 0 Å². The van der Waals surface area contributed by atoms with Crippen molar-refractivity contribution in [3.8, 4) is 21.7 Å². The first-order valence-corrected chi connectivity index (χ1v) is 9.30. The second-order valence-corrected chi connectivity index (χ2v) is 7.70. The highest BCUT2D eigenvalue weighted by Gasteiger charge is 2.20. The third-order valence-electron chi connectivity index (χ3n) is 3.39. The van der Waals surface area contributed by atoms with Crippen LogP contribution in [0, 0.1) is 5.82 Å². The van der Waals surface area contributed by atoms with Gasteiger partial charge in [0.1, 0.15) is 5.82 Å². The van der Waals surface area contributed by atoms with Gasteiger partial charge in [0.05, 0.1) is 15.5 Å². The average molecular weight is 384 g/mol. The molecule has 2 N–H and O–H groups in total. The fourth-order valence-electron chi connectivity index (χ4n) is 2.23. The van der Waals surface area contributed by atoms with Gasteiger partial charge in [-0.05, 0) is 29.8 Å². The van der Waals surface area contributed by atoms with Gasteiger partial charge in [-0.1, -0.05) is 24.3 Å². The van der Waals surface area contributed by atoms with Crippen molar-refractivity contribution >= 4 is 21.4 Å². The number of thiazole rings is 1. The van der Waals surface area contributed by atoms with Crippen molar-refractivity contribution in [2.24, 2.45) is 5.14 Å². The van der Waals surface area contributed by atoms with Gasteiger partial charge in [0, 0.05) is 5.56 Å². The van der Waals surface area contributed by atoms with E-state index in [1.165, 1.54) is 48.5 Å². The summed E-state index contributed by atoms with van der Waals surface area (Å²) in [6.07, 6.45) is -2.75. The molecule has 1 aromatic heterocycles. The molecule has 2 aromatic carbocycles. The van der Waals surface area contributed by atoms with Crippen LogP contribution in [0.2, 0.25) is 0 Å². The Bertz CT molecular complexity index is 999. The predicted molar refractivity (Wildman–Crippen MR) is 89.3 cm³/mol. The lowest BCUT2D eigenvalue weighted by Crippen LogP contribution is -2.11. The van der Waals surface area contributed by atoms with E-state index in [0.29, 0.717) is 16.0 Å². The van der Waals surface area contributed by atoms with Crippen LogP contribution >= 0.6 is 11.3 Å². The molecule has 3 aromatic rings. The third kappa shape index (κ3) is 3.73. The highest BCUT2D eigenvalue weighted by atomic mass is 32.2. The predicted octanol–water partition coefficient (Wildman–Crippen LogP) is 4.20. The molecule has 0 unspecified atom stereocenters. The van der Waals surface area contributed by atoms with Crippen LogP contribution in [-0.4, -0.2) is 13.4 Å². The van der Waals surface area contributed by atoms with Gasteiger partial charge in [-0.15, -0.1) is 11.3 Å². The Labute approximate surface area is 145 Å². The molecule has 25 heavy (non-hydrogen) atoms. The molecule has 0 bridgehead atoms. The second-order valence-electron chi connectivity index (χ2n) is 5.11. The zero-order valence-electron chi connectivity index (χ0n) is 12.5. The molecule has 9 heteroatoms. The van der Waals surface area contributed by atoms with Crippen molar-refractivity contribution in [1.29, 1.82) is 0 Å². The fraction of sp³-hybridized carbons (Fsp3) is 0.0625. The third-order valence-corrected chi connectivity index (χ3v) is 5.43. The number of rotatable bonds is 4. The monoisotopic (exact) mass is 384 g/mol. The Morgan fingerprint density at radius 1 is 0.960 bits per heavy atom. The van der Waals surface area contributed by atoms with E-state index in [0.717, 1.165) is 11.3 Å². The lowest BCUT2D eigenvalue weighted by molar-refractivity contribution is 0.151. The number of hydrogen-bond donors (Lipinski definition) is 1. The number of aromatic nitrogens is 1. The van der Waals surface area contributed by atoms with Crippen molar-refractivity contribution in [3.63, 3.8) is 0 Å². The lowest BCUT2D eigenvalue weighted by Gasteiger charge is -2.04. The lowest BCUT2D eigenvalue weighted by atomic mass is 10.1. The molecule has 0 radical (unpaired) electrons. The normalized spacial score (nSPS) is 11.9. The van der Waals surface area contributed by atoms with Crippen molar-refractivity contribution < 1.29 is 21.6 Å². The van der Waals surface area contributed by atoms with Crippen LogP contribution in [0.15, 0.2) is 53.4 Å². The van der Waals surface area contributed by atoms with Gasteiger partial charge < -0.3 is 0 Å². The maximum Gasteiger partial charge on any atom is 0.289 e. The summed E-state index contributed by atoms with van der Waals surface area (Å²) in [6.45, 7) is 0. The molecule has 0 aliphatic rings. The first kappa shape index (κ1) is 17.6. The van der Waals surface area contributed by atoms with Crippen LogP contribution in [0.5, 0.6) is 0 Å². The number of primary sulfonamides is 1. The number of sulfonamides is 1. The topological polar surface area (TPSA) is 73.1 Å². The van der Waals surface area contributed by atoms with Crippen LogP contribution in [0.1, 0.15) is 11.4 Å². The maximum absolute atomic E-state index is 13.1. The van der Waals surface area contributed by atoms with Gasteiger partial charge in [-0.2, -0.15) is 0 Å². The van der Waals surface area contributed by atoms with E-state index in [4.69, 9.17) is 5.14 Å². The standard InChI is InChI=1S/C16H11F3N2O2S2/c17-11-5-1-10(2-6-11)14-13(21-16(24-14)15(18)19)9-3-7-12(8-4-9)25(20,22)23/h1-8,15H,(H2,20,22,23). The minimum atomic E-state index is -3.86. The van der Waals surface area contributed by atoms with Crippen LogP contribution < -0.4 is 5.14 Å². The second kappa shape index (κ2) is 6.58. The summed E-state index contributed by atoms with van der Waals surface area (Å²) in [6, 6.07) is 10.8. The summed E-state index contributed by atoms with van der Waals surface area (Å²) in [5.41, 5.74) is 1.26. The first-order chi connectivity index (χ1) is 11.8. The molecule has 130 valence electrons. The minimum absolute atomic E-state index is 0.0936. The minimum Gasteiger partial charge on any atom is -0.234 e. The number of nitrogens with zero attached hydrogens (tertiary/aromatic N) is 1. The molecule has 0 aliphatic carbocycles. The van der Waals surface area contributed by atoms with Crippen molar-refractivity contribution in [2.75, 3.05) is 0 Å². The molecule has 0 fully saturated rings. The average Bonchev–Trinajstić information content (AvgIpc) is 3.00. The Kier molecular flexibility index (Phi) is 4.63. The van der Waals surface area contributed by atoms with E-state index >= 15 is 0 Å². The summed E-state index contributed by atoms with van der Waals surface area (Å²) >= 11 is 0.805. The molecule has 0 atom stereocenters. The number of alkyl halides is 2. The first-order valence-electron chi connectivity index (χ1n) is 6.94. The number of halogens is 3. The van der Waals surface area contributed by atoms with E-state index in [1.807, 2.05) is 0 Å². The Hall–Kier alpha value is -2.23. The van der Waals surface area contributed by atoms with E-state index in [9.17, 15) is 21.6 Å². The number of hydrogen-bond acceptors (Lipinski definition) is 4. The van der Waals surface area contributed by atoms with Gasteiger partial charge in [0.2, 0.25) is 10.0 Å². The molecule has 0 spiro atoms. The quantitative estimate of drug-likeness (QED) is 0.733. The van der Waals surface area contributed by atoms with Crippen LogP contribution in [0.25, 0.3) is 21.7 Å². The Balaban J connectivity index is 2.13. The van der Waals surface area contributed by atoms with Crippen molar-refractivity contribution in [3.05, 3.63) is 59.4 Å². The highest BCUT2D eigenvalue weighted by Crippen LogP contribution is 2.40. The van der Waals surface area contributed by atoms with Gasteiger partial charge in [0.25, 0.3) is 6.43 Å². The molecule has 3 rings (SSSR count). The zero-order valence-corrected chi connectivity index (χ0v) is 14.1. The number of nitrogens with two attached hydrogens (primary N) is 1. The summed E-state index contributed by atoms with van der Waals surface area (Å²) in [4.78, 5) is 4.31. The summed E-state index contributed by atoms with van der Waals surface area (Å²) in [7, 11) is -3.86. The van der Waals surface area contributed by atoms with Gasteiger partial charge in [-0.25, -0.2) is 31.7 Å². The summed E-state index contributed by atoms with van der Waals surface area (Å²) in [5, 5.41) is 4.68. The highest BCUT2D eigenvalue weighted by molar-refractivity contribution is 7.89. The molecule has 0 amide bonds. The van der Waals surface area contributed by atoms with Crippen LogP contribution in [-0.2, 0) is 10.0 Å². The smallest absolute Gasteiger partial charge is 0.234 e. The van der Waals surface area contributed by atoms with Crippen LogP contribution in [0.4, 0.5) is 13.2 Å². The number of benzene rings is 2. The molecule has 0 aliphatic heterocycles. The van der Waals surface area contributed by atoms with E-state index < -0.39 is 22.3 Å².